The van der Waals surface area contributed by atoms with Crippen molar-refractivity contribution in [2.45, 2.75) is 38.9 Å². The van der Waals surface area contributed by atoms with Crippen LogP contribution in [-0.2, 0) is 15.7 Å². The summed E-state index contributed by atoms with van der Waals surface area (Å²) in [5.41, 5.74) is 0.953. The van der Waals surface area contributed by atoms with Crippen molar-refractivity contribution in [3.8, 4) is 17.0 Å². The van der Waals surface area contributed by atoms with Crippen LogP contribution in [0.3, 0.4) is 0 Å². The van der Waals surface area contributed by atoms with Gasteiger partial charge in [0, 0.05) is 31.5 Å². The molecule has 2 amide bonds. The zero-order chi connectivity index (χ0) is 27.9. The molecule has 0 bridgehead atoms. The van der Waals surface area contributed by atoms with Gasteiger partial charge >= 0.3 is 6.18 Å². The number of aromatic nitrogens is 3. The van der Waals surface area contributed by atoms with Gasteiger partial charge in [-0.3, -0.25) is 9.59 Å². The zero-order valence-corrected chi connectivity index (χ0v) is 21.9. The molecule has 5 rings (SSSR count). The number of amides is 2. The second-order valence-electron chi connectivity index (χ2n) is 10.3. The second kappa shape index (κ2) is 10.5. The molecule has 1 aromatic carbocycles. The summed E-state index contributed by atoms with van der Waals surface area (Å²) in [5, 5.41) is 3.00. The Labute approximate surface area is 223 Å². The fourth-order valence-corrected chi connectivity index (χ4v) is 4.93. The maximum atomic E-state index is 13.6. The van der Waals surface area contributed by atoms with Gasteiger partial charge in [-0.1, -0.05) is 6.92 Å². The molecule has 2 atom stereocenters. The van der Waals surface area contributed by atoms with E-state index in [1.165, 1.54) is 19.5 Å². The first kappa shape index (κ1) is 26.9. The van der Waals surface area contributed by atoms with Gasteiger partial charge in [-0.2, -0.15) is 13.2 Å². The number of rotatable bonds is 8. The average molecular weight is 546 g/mol. The fourth-order valence-electron chi connectivity index (χ4n) is 4.93. The molecule has 3 aromatic rings. The van der Waals surface area contributed by atoms with Gasteiger partial charge in [0.1, 0.15) is 29.9 Å². The van der Waals surface area contributed by atoms with E-state index in [1.54, 1.807) is 11.8 Å². The van der Waals surface area contributed by atoms with E-state index < -0.39 is 17.6 Å². The third kappa shape index (κ3) is 5.56. The van der Waals surface area contributed by atoms with E-state index in [9.17, 15) is 22.8 Å². The Morgan fingerprint density at radius 3 is 2.67 bits per heavy atom. The van der Waals surface area contributed by atoms with E-state index in [2.05, 4.69) is 20.3 Å². The average Bonchev–Trinajstić information content (AvgIpc) is 3.55. The van der Waals surface area contributed by atoms with Gasteiger partial charge in [0.2, 0.25) is 5.91 Å². The maximum absolute atomic E-state index is 13.6. The SMILES string of the molecule is COCC(=O)N1CC(C)C(NC(=O)c2c(C)[nH]c3c(-c4cc(C(F)(F)F)ccc4OCC4CC4)ncnc23)C1. The summed E-state index contributed by atoms with van der Waals surface area (Å²) in [6, 6.07) is 3.04. The number of carbonyl (C=O) groups excluding carboxylic acids is 2. The molecule has 1 aliphatic heterocycles. The summed E-state index contributed by atoms with van der Waals surface area (Å²) in [7, 11) is 1.45. The third-order valence-electron chi connectivity index (χ3n) is 7.28. The topological polar surface area (TPSA) is 109 Å². The lowest BCUT2D eigenvalue weighted by molar-refractivity contribution is -0.137. The van der Waals surface area contributed by atoms with Crippen LogP contribution in [0.2, 0.25) is 0 Å². The predicted octanol–water partition coefficient (Wildman–Crippen LogP) is 3.96. The van der Waals surface area contributed by atoms with Gasteiger partial charge < -0.3 is 24.7 Å². The first-order valence-electron chi connectivity index (χ1n) is 12.8. The van der Waals surface area contributed by atoms with E-state index in [0.717, 1.165) is 25.0 Å². The molecule has 0 spiro atoms. The molecule has 208 valence electrons. The smallest absolute Gasteiger partial charge is 0.416 e. The highest BCUT2D eigenvalue weighted by Crippen LogP contribution is 2.40. The standard InChI is InChI=1S/C27H30F3N5O4/c1-14-9-35(21(36)12-38-3)10-19(14)34-26(37)22-15(2)33-25-23(31-13-32-24(22)25)18-8-17(27(28,29)30)6-7-20(18)39-11-16-4-5-16/h6-8,13-14,16,19,33H,4-5,9-12H2,1-3H3,(H,34,37). The van der Waals surface area contributed by atoms with Crippen molar-refractivity contribution < 1.29 is 32.2 Å². The Balaban J connectivity index is 1.48. The molecule has 2 aliphatic rings. The van der Waals surface area contributed by atoms with Gasteiger partial charge in [-0.05, 0) is 49.8 Å². The Morgan fingerprint density at radius 2 is 1.97 bits per heavy atom. The number of hydrogen-bond acceptors (Lipinski definition) is 6. The lowest BCUT2D eigenvalue weighted by Crippen LogP contribution is -2.41. The number of benzene rings is 1. The van der Waals surface area contributed by atoms with Crippen LogP contribution in [0.1, 0.15) is 41.4 Å². The minimum absolute atomic E-state index is 0.0155. The Kier molecular flexibility index (Phi) is 7.23. The Morgan fingerprint density at radius 1 is 1.21 bits per heavy atom. The largest absolute Gasteiger partial charge is 0.493 e. The summed E-state index contributed by atoms with van der Waals surface area (Å²) in [6.07, 6.45) is -1.26. The van der Waals surface area contributed by atoms with Crippen LogP contribution in [-0.4, -0.2) is 71.1 Å². The van der Waals surface area contributed by atoms with Crippen molar-refractivity contribution in [1.82, 2.24) is 25.2 Å². The number of H-pyrrole nitrogens is 1. The highest BCUT2D eigenvalue weighted by atomic mass is 19.4. The normalized spacial score (nSPS) is 19.5. The van der Waals surface area contributed by atoms with Crippen molar-refractivity contribution in [2.75, 3.05) is 33.4 Å². The second-order valence-corrected chi connectivity index (χ2v) is 10.3. The van der Waals surface area contributed by atoms with Crippen LogP contribution in [0.15, 0.2) is 24.5 Å². The van der Waals surface area contributed by atoms with Crippen molar-refractivity contribution in [3.05, 3.63) is 41.3 Å². The van der Waals surface area contributed by atoms with E-state index in [0.29, 0.717) is 42.3 Å². The molecule has 2 aromatic heterocycles. The summed E-state index contributed by atoms with van der Waals surface area (Å²) < 4.78 is 51.7. The van der Waals surface area contributed by atoms with Crippen LogP contribution < -0.4 is 10.1 Å². The first-order chi connectivity index (χ1) is 18.6. The number of halogens is 3. The summed E-state index contributed by atoms with van der Waals surface area (Å²) in [6.45, 7) is 4.87. The van der Waals surface area contributed by atoms with Crippen molar-refractivity contribution in [3.63, 3.8) is 0 Å². The molecule has 39 heavy (non-hydrogen) atoms. The minimum Gasteiger partial charge on any atom is -0.493 e. The third-order valence-corrected chi connectivity index (χ3v) is 7.28. The number of nitrogens with one attached hydrogen (secondary N) is 2. The number of carbonyl (C=O) groups is 2. The van der Waals surface area contributed by atoms with E-state index >= 15 is 0 Å². The fraction of sp³-hybridized carbons (Fsp3) is 0.481. The number of methoxy groups -OCH3 is 1. The van der Waals surface area contributed by atoms with Crippen LogP contribution in [0.25, 0.3) is 22.3 Å². The highest BCUT2D eigenvalue weighted by molar-refractivity contribution is 6.09. The van der Waals surface area contributed by atoms with Crippen LogP contribution in [0, 0.1) is 18.8 Å². The van der Waals surface area contributed by atoms with Crippen molar-refractivity contribution >= 4 is 22.8 Å². The Hall–Kier alpha value is -3.67. The summed E-state index contributed by atoms with van der Waals surface area (Å²) in [5.74, 6) is 0.154. The van der Waals surface area contributed by atoms with Gasteiger partial charge in [-0.25, -0.2) is 9.97 Å². The molecule has 2 fully saturated rings. The molecule has 1 saturated heterocycles. The first-order valence-corrected chi connectivity index (χ1v) is 12.8. The van der Waals surface area contributed by atoms with E-state index in [-0.39, 0.29) is 47.0 Å². The van der Waals surface area contributed by atoms with E-state index in [1.807, 2.05) is 6.92 Å². The number of ether oxygens (including phenoxy) is 2. The van der Waals surface area contributed by atoms with Crippen LogP contribution in [0.4, 0.5) is 13.2 Å². The monoisotopic (exact) mass is 545 g/mol. The van der Waals surface area contributed by atoms with Gasteiger partial charge in [0.15, 0.2) is 0 Å². The molecule has 1 saturated carbocycles. The van der Waals surface area contributed by atoms with Crippen LogP contribution >= 0.6 is 0 Å². The minimum atomic E-state index is -4.55. The van der Waals surface area contributed by atoms with Gasteiger partial charge in [0.05, 0.1) is 29.3 Å². The maximum Gasteiger partial charge on any atom is 0.416 e. The molecular formula is C27H30F3N5O4. The van der Waals surface area contributed by atoms with E-state index in [4.69, 9.17) is 9.47 Å². The highest BCUT2D eigenvalue weighted by Gasteiger charge is 2.35. The summed E-state index contributed by atoms with van der Waals surface area (Å²) >= 11 is 0. The van der Waals surface area contributed by atoms with Crippen molar-refractivity contribution in [2.24, 2.45) is 11.8 Å². The Bertz CT molecular complexity index is 1400. The predicted molar refractivity (Wildman–Crippen MR) is 136 cm³/mol. The lowest BCUT2D eigenvalue weighted by Gasteiger charge is -2.17. The molecule has 3 heterocycles. The number of aromatic amines is 1. The molecule has 2 N–H and O–H groups in total. The van der Waals surface area contributed by atoms with Gasteiger partial charge in [0.25, 0.3) is 5.91 Å². The zero-order valence-electron chi connectivity index (χ0n) is 21.9. The van der Waals surface area contributed by atoms with Gasteiger partial charge in [-0.15, -0.1) is 0 Å². The van der Waals surface area contributed by atoms with Crippen molar-refractivity contribution in [1.29, 1.82) is 0 Å². The molecule has 0 radical (unpaired) electrons. The molecule has 12 heteroatoms. The quantitative estimate of drug-likeness (QED) is 0.444. The molecular weight excluding hydrogens is 515 g/mol. The van der Waals surface area contributed by atoms with Crippen LogP contribution in [0.5, 0.6) is 5.75 Å². The molecule has 9 nitrogen and oxygen atoms in total. The summed E-state index contributed by atoms with van der Waals surface area (Å²) in [4.78, 5) is 39.0. The number of aryl methyl sites for hydroxylation is 1. The number of hydrogen-bond donors (Lipinski definition) is 2. The molecule has 2 unspecified atom stereocenters. The number of likely N-dealkylation sites (tertiary alicyclic amines) is 1. The number of alkyl halides is 3. The number of nitrogens with zero attached hydrogens (tertiary/aromatic N) is 3. The molecule has 1 aliphatic carbocycles. The number of fused-ring (bicyclic) bond motifs is 1. The lowest BCUT2D eigenvalue weighted by atomic mass is 10.0.